The van der Waals surface area contributed by atoms with Crippen molar-refractivity contribution in [2.45, 2.75) is 52.1 Å². The lowest BCUT2D eigenvalue weighted by Crippen LogP contribution is -2.20. The van der Waals surface area contributed by atoms with Crippen molar-refractivity contribution in [1.82, 2.24) is 9.55 Å². The number of aromatic nitrogens is 2. The van der Waals surface area contributed by atoms with Crippen LogP contribution in [0.3, 0.4) is 0 Å². The summed E-state index contributed by atoms with van der Waals surface area (Å²) >= 11 is 0. The van der Waals surface area contributed by atoms with Gasteiger partial charge in [-0.2, -0.15) is 0 Å². The summed E-state index contributed by atoms with van der Waals surface area (Å²) in [5.74, 6) is 1.49. The Morgan fingerprint density at radius 1 is 1.50 bits per heavy atom. The van der Waals surface area contributed by atoms with Gasteiger partial charge in [-0.15, -0.1) is 0 Å². The highest BCUT2D eigenvalue weighted by atomic mass is 15.1. The van der Waals surface area contributed by atoms with Crippen LogP contribution in [0.4, 0.5) is 0 Å². The Hall–Kier alpha value is -0.830. The Morgan fingerprint density at radius 2 is 2.25 bits per heavy atom. The molecule has 0 amide bonds. The minimum atomic E-state index is 0.114. The van der Waals surface area contributed by atoms with E-state index in [1.807, 2.05) is 12.5 Å². The highest BCUT2D eigenvalue weighted by Gasteiger charge is 2.20. The van der Waals surface area contributed by atoms with Crippen LogP contribution in [0.15, 0.2) is 12.5 Å². The lowest BCUT2D eigenvalue weighted by molar-refractivity contribution is 0.467. The summed E-state index contributed by atoms with van der Waals surface area (Å²) in [7, 11) is 0. The predicted octanol–water partition coefficient (Wildman–Crippen LogP) is 2.73. The summed E-state index contributed by atoms with van der Waals surface area (Å²) in [4.78, 5) is 4.22. The summed E-state index contributed by atoms with van der Waals surface area (Å²) in [6.45, 7) is 5.39. The molecular weight excluding hydrogens is 198 g/mol. The molecule has 16 heavy (non-hydrogen) atoms. The second kappa shape index (κ2) is 5.00. The van der Waals surface area contributed by atoms with Gasteiger partial charge >= 0.3 is 0 Å². The van der Waals surface area contributed by atoms with Crippen molar-refractivity contribution >= 4 is 0 Å². The third-order valence-corrected chi connectivity index (χ3v) is 3.51. The maximum atomic E-state index is 6.17. The summed E-state index contributed by atoms with van der Waals surface area (Å²) < 4.78 is 2.23. The summed E-state index contributed by atoms with van der Waals surface area (Å²) in [6.07, 6.45) is 9.37. The van der Waals surface area contributed by atoms with E-state index in [4.69, 9.17) is 5.73 Å². The molecule has 0 spiro atoms. The maximum Gasteiger partial charge on any atom is 0.0948 e. The zero-order valence-electron chi connectivity index (χ0n) is 10.4. The molecule has 1 aliphatic carbocycles. The van der Waals surface area contributed by atoms with Crippen molar-refractivity contribution in [3.05, 3.63) is 18.2 Å². The molecule has 2 N–H and O–H groups in total. The average molecular weight is 221 g/mol. The van der Waals surface area contributed by atoms with E-state index < -0.39 is 0 Å². The first kappa shape index (κ1) is 11.6. The zero-order valence-corrected chi connectivity index (χ0v) is 10.4. The van der Waals surface area contributed by atoms with E-state index >= 15 is 0 Å². The van der Waals surface area contributed by atoms with Crippen LogP contribution in [-0.2, 0) is 6.54 Å². The molecule has 0 saturated heterocycles. The lowest BCUT2D eigenvalue weighted by Gasteiger charge is -2.17. The van der Waals surface area contributed by atoms with Crippen LogP contribution in [0, 0.1) is 11.8 Å². The van der Waals surface area contributed by atoms with Crippen LogP contribution < -0.4 is 5.73 Å². The van der Waals surface area contributed by atoms with E-state index in [2.05, 4.69) is 23.4 Å². The third-order valence-electron chi connectivity index (χ3n) is 3.51. The average Bonchev–Trinajstić information content (AvgIpc) is 2.95. The Labute approximate surface area is 98.1 Å². The van der Waals surface area contributed by atoms with Crippen LogP contribution in [0.5, 0.6) is 0 Å². The Kier molecular flexibility index (Phi) is 3.64. The van der Waals surface area contributed by atoms with E-state index in [9.17, 15) is 0 Å². The molecule has 1 aromatic rings. The topological polar surface area (TPSA) is 43.8 Å². The Balaban J connectivity index is 1.89. The molecule has 0 aromatic carbocycles. The monoisotopic (exact) mass is 221 g/mol. The van der Waals surface area contributed by atoms with Gasteiger partial charge in [0.25, 0.3) is 0 Å². The van der Waals surface area contributed by atoms with E-state index in [-0.39, 0.29) is 6.04 Å². The molecule has 0 radical (unpaired) electrons. The predicted molar refractivity (Wildman–Crippen MR) is 66.0 cm³/mol. The highest BCUT2D eigenvalue weighted by molar-refractivity contribution is 5.05. The van der Waals surface area contributed by atoms with E-state index in [0.29, 0.717) is 5.92 Å². The lowest BCUT2D eigenvalue weighted by atomic mass is 10.0. The van der Waals surface area contributed by atoms with Crippen molar-refractivity contribution in [2.24, 2.45) is 17.6 Å². The van der Waals surface area contributed by atoms with Gasteiger partial charge in [0.05, 0.1) is 12.0 Å². The molecule has 0 bridgehead atoms. The molecule has 1 fully saturated rings. The summed E-state index contributed by atoms with van der Waals surface area (Å²) in [6, 6.07) is 0.114. The molecule has 1 aromatic heterocycles. The standard InChI is InChI=1S/C13H23N3/c1-10(2)13(14)12-8-15-9-16(12)7-3-4-11-5-6-11/h8-11,13H,3-7,14H2,1-2H3. The van der Waals surface area contributed by atoms with Gasteiger partial charge in [-0.05, 0) is 24.7 Å². The number of nitrogens with two attached hydrogens (primary N) is 1. The van der Waals surface area contributed by atoms with Crippen molar-refractivity contribution in [1.29, 1.82) is 0 Å². The fourth-order valence-electron chi connectivity index (χ4n) is 2.09. The first-order valence-electron chi connectivity index (χ1n) is 6.44. The summed E-state index contributed by atoms with van der Waals surface area (Å²) in [5.41, 5.74) is 7.35. The van der Waals surface area contributed by atoms with Crippen LogP contribution >= 0.6 is 0 Å². The van der Waals surface area contributed by atoms with Gasteiger partial charge in [0, 0.05) is 18.8 Å². The number of rotatable bonds is 6. The Morgan fingerprint density at radius 3 is 2.88 bits per heavy atom. The molecule has 1 atom stereocenters. The number of nitrogens with zero attached hydrogens (tertiary/aromatic N) is 2. The Bertz CT molecular complexity index is 326. The molecular formula is C13H23N3. The number of aryl methyl sites for hydroxylation is 1. The summed E-state index contributed by atoms with van der Waals surface area (Å²) in [5, 5.41) is 0. The van der Waals surface area contributed by atoms with Crippen molar-refractivity contribution in [3.63, 3.8) is 0 Å². The molecule has 0 aliphatic heterocycles. The van der Waals surface area contributed by atoms with Crippen LogP contribution in [-0.4, -0.2) is 9.55 Å². The molecule has 1 aliphatic rings. The molecule has 1 unspecified atom stereocenters. The van der Waals surface area contributed by atoms with Gasteiger partial charge in [0.15, 0.2) is 0 Å². The first-order chi connectivity index (χ1) is 7.68. The van der Waals surface area contributed by atoms with Gasteiger partial charge in [0.1, 0.15) is 0 Å². The van der Waals surface area contributed by atoms with E-state index in [1.165, 1.54) is 31.4 Å². The minimum absolute atomic E-state index is 0.114. The number of hydrogen-bond donors (Lipinski definition) is 1. The molecule has 1 saturated carbocycles. The fraction of sp³-hybridized carbons (Fsp3) is 0.769. The highest BCUT2D eigenvalue weighted by Crippen LogP contribution is 2.33. The SMILES string of the molecule is CC(C)C(N)c1cncn1CCCC1CC1. The van der Waals surface area contributed by atoms with Gasteiger partial charge in [-0.25, -0.2) is 4.98 Å². The van der Waals surface area contributed by atoms with Gasteiger partial charge < -0.3 is 10.3 Å². The van der Waals surface area contributed by atoms with E-state index in [0.717, 1.165) is 12.5 Å². The molecule has 3 nitrogen and oxygen atoms in total. The van der Waals surface area contributed by atoms with Crippen molar-refractivity contribution in [2.75, 3.05) is 0 Å². The molecule has 1 heterocycles. The van der Waals surface area contributed by atoms with Crippen LogP contribution in [0.25, 0.3) is 0 Å². The van der Waals surface area contributed by atoms with Crippen molar-refractivity contribution < 1.29 is 0 Å². The second-order valence-corrected chi connectivity index (χ2v) is 5.37. The minimum Gasteiger partial charge on any atom is -0.333 e. The molecule has 2 rings (SSSR count). The van der Waals surface area contributed by atoms with Gasteiger partial charge in [0.2, 0.25) is 0 Å². The normalized spacial score (nSPS) is 18.0. The van der Waals surface area contributed by atoms with Gasteiger partial charge in [-0.1, -0.05) is 26.7 Å². The zero-order chi connectivity index (χ0) is 11.5. The van der Waals surface area contributed by atoms with Crippen LogP contribution in [0.1, 0.15) is 51.3 Å². The smallest absolute Gasteiger partial charge is 0.0948 e. The fourth-order valence-corrected chi connectivity index (χ4v) is 2.09. The maximum absolute atomic E-state index is 6.17. The number of hydrogen-bond acceptors (Lipinski definition) is 2. The molecule has 3 heteroatoms. The van der Waals surface area contributed by atoms with Crippen LogP contribution in [0.2, 0.25) is 0 Å². The first-order valence-corrected chi connectivity index (χ1v) is 6.44. The van der Waals surface area contributed by atoms with E-state index in [1.54, 1.807) is 0 Å². The third kappa shape index (κ3) is 2.85. The molecule has 90 valence electrons. The van der Waals surface area contributed by atoms with Gasteiger partial charge in [-0.3, -0.25) is 0 Å². The quantitative estimate of drug-likeness (QED) is 0.802. The van der Waals surface area contributed by atoms with Crippen molar-refractivity contribution in [3.8, 4) is 0 Å². The second-order valence-electron chi connectivity index (χ2n) is 5.37. The number of imidazole rings is 1. The largest absolute Gasteiger partial charge is 0.333 e.